The maximum atomic E-state index is 11.1. The lowest BCUT2D eigenvalue weighted by Gasteiger charge is -2.09. The molecule has 4 nitrogen and oxygen atoms in total. The van der Waals surface area contributed by atoms with Crippen molar-refractivity contribution in [3.05, 3.63) is 11.6 Å². The molecule has 0 aliphatic heterocycles. The van der Waals surface area contributed by atoms with E-state index in [-0.39, 0.29) is 12.1 Å². The van der Waals surface area contributed by atoms with Crippen LogP contribution in [0, 0.1) is 0 Å². The van der Waals surface area contributed by atoms with Crippen molar-refractivity contribution in [2.75, 3.05) is 33.1 Å². The van der Waals surface area contributed by atoms with Crippen LogP contribution in [0.1, 0.15) is 6.92 Å². The highest BCUT2D eigenvalue weighted by Crippen LogP contribution is 1.97. The number of hydrogen-bond donors (Lipinski definition) is 1. The van der Waals surface area contributed by atoms with E-state index in [1.807, 2.05) is 19.0 Å². The molecule has 0 spiro atoms. The summed E-state index contributed by atoms with van der Waals surface area (Å²) in [5.41, 5.74) is 0.564. The number of carbonyl (C=O) groups is 1. The number of rotatable bonds is 5. The van der Waals surface area contributed by atoms with E-state index in [4.69, 9.17) is 16.3 Å². The largest absolute Gasteiger partial charge is 0.461 e. The third-order valence-electron chi connectivity index (χ3n) is 1.48. The number of esters is 1. The zero-order chi connectivity index (χ0) is 10.3. The second-order valence-corrected chi connectivity index (χ2v) is 3.29. The fourth-order valence-corrected chi connectivity index (χ4v) is 0.865. The van der Waals surface area contributed by atoms with Crippen LogP contribution in [-0.4, -0.2) is 44.0 Å². The standard InChI is InChI=1S/C9H16ClNO2.H3N/c1-8(4-5-10)9(12)13-7-6-11(2)3;/h4H,5-7H2,1-3H3;1H3. The van der Waals surface area contributed by atoms with Crippen LogP contribution in [0.5, 0.6) is 0 Å². The van der Waals surface area contributed by atoms with Crippen molar-refractivity contribution in [2.24, 2.45) is 0 Å². The fraction of sp³-hybridized carbons (Fsp3) is 0.667. The number of alkyl halides is 1. The van der Waals surface area contributed by atoms with Crippen LogP contribution in [0.4, 0.5) is 0 Å². The van der Waals surface area contributed by atoms with Crippen molar-refractivity contribution < 1.29 is 9.53 Å². The van der Waals surface area contributed by atoms with E-state index in [0.29, 0.717) is 18.1 Å². The van der Waals surface area contributed by atoms with Gasteiger partial charge in [-0.05, 0) is 21.0 Å². The first-order valence-electron chi connectivity index (χ1n) is 4.12. The van der Waals surface area contributed by atoms with Crippen molar-refractivity contribution in [1.29, 1.82) is 0 Å². The maximum absolute atomic E-state index is 11.1. The number of carbonyl (C=O) groups excluding carboxylic acids is 1. The van der Waals surface area contributed by atoms with Gasteiger partial charge in [-0.1, -0.05) is 6.08 Å². The summed E-state index contributed by atoms with van der Waals surface area (Å²) < 4.78 is 4.96. The van der Waals surface area contributed by atoms with Gasteiger partial charge in [-0.3, -0.25) is 0 Å². The molecule has 0 heterocycles. The van der Waals surface area contributed by atoms with Crippen molar-refractivity contribution >= 4 is 17.6 Å². The summed E-state index contributed by atoms with van der Waals surface area (Å²) in [7, 11) is 3.85. The Morgan fingerprint density at radius 3 is 2.50 bits per heavy atom. The smallest absolute Gasteiger partial charge is 0.333 e. The SMILES string of the molecule is CC(=CCCl)C(=O)OCCN(C)C.N. The van der Waals surface area contributed by atoms with E-state index in [1.54, 1.807) is 13.0 Å². The van der Waals surface area contributed by atoms with Gasteiger partial charge < -0.3 is 15.8 Å². The minimum atomic E-state index is -0.289. The van der Waals surface area contributed by atoms with Crippen LogP contribution >= 0.6 is 11.6 Å². The molecule has 0 amide bonds. The van der Waals surface area contributed by atoms with Crippen LogP contribution < -0.4 is 6.15 Å². The molecular formula is C9H19ClN2O2. The number of allylic oxidation sites excluding steroid dienone is 1. The Kier molecular flexibility index (Phi) is 10.2. The van der Waals surface area contributed by atoms with Gasteiger partial charge in [-0.15, -0.1) is 11.6 Å². The van der Waals surface area contributed by atoms with Gasteiger partial charge in [0.25, 0.3) is 0 Å². The maximum Gasteiger partial charge on any atom is 0.333 e. The van der Waals surface area contributed by atoms with Gasteiger partial charge in [0.05, 0.1) is 0 Å². The molecule has 0 aromatic heterocycles. The first kappa shape index (κ1) is 15.9. The van der Waals surface area contributed by atoms with E-state index in [1.165, 1.54) is 0 Å². The quantitative estimate of drug-likeness (QED) is 0.434. The normalized spacial score (nSPS) is 11.1. The molecule has 0 aliphatic rings. The van der Waals surface area contributed by atoms with Crippen LogP contribution in [0.25, 0.3) is 0 Å². The molecular weight excluding hydrogens is 204 g/mol. The molecule has 5 heteroatoms. The molecule has 0 saturated carbocycles. The molecule has 0 aromatic carbocycles. The molecule has 0 rings (SSSR count). The van der Waals surface area contributed by atoms with Gasteiger partial charge in [0.2, 0.25) is 0 Å². The van der Waals surface area contributed by atoms with Gasteiger partial charge >= 0.3 is 5.97 Å². The summed E-state index contributed by atoms with van der Waals surface area (Å²) in [4.78, 5) is 13.1. The minimum Gasteiger partial charge on any atom is -0.461 e. The summed E-state index contributed by atoms with van der Waals surface area (Å²) in [6.07, 6.45) is 1.64. The molecule has 0 fully saturated rings. The first-order valence-corrected chi connectivity index (χ1v) is 4.66. The zero-order valence-electron chi connectivity index (χ0n) is 9.05. The Morgan fingerprint density at radius 2 is 2.07 bits per heavy atom. The van der Waals surface area contributed by atoms with Gasteiger partial charge in [0.15, 0.2) is 0 Å². The van der Waals surface area contributed by atoms with Gasteiger partial charge in [0, 0.05) is 18.0 Å². The number of halogens is 1. The minimum absolute atomic E-state index is 0. The Morgan fingerprint density at radius 1 is 1.50 bits per heavy atom. The number of hydrogen-bond acceptors (Lipinski definition) is 4. The second kappa shape index (κ2) is 8.99. The predicted molar refractivity (Wildman–Crippen MR) is 59.0 cm³/mol. The van der Waals surface area contributed by atoms with Gasteiger partial charge in [-0.25, -0.2) is 4.79 Å². The van der Waals surface area contributed by atoms with Crippen molar-refractivity contribution in [3.8, 4) is 0 Å². The van der Waals surface area contributed by atoms with E-state index >= 15 is 0 Å². The number of nitrogens with zero attached hydrogens (tertiary/aromatic N) is 1. The molecule has 0 saturated heterocycles. The summed E-state index contributed by atoms with van der Waals surface area (Å²) in [5.74, 6) is 0.0525. The highest BCUT2D eigenvalue weighted by atomic mass is 35.5. The van der Waals surface area contributed by atoms with Crippen molar-refractivity contribution in [3.63, 3.8) is 0 Å². The van der Waals surface area contributed by atoms with Gasteiger partial charge in [-0.2, -0.15) is 0 Å². The average Bonchev–Trinajstić information content (AvgIpc) is 2.04. The number of ether oxygens (including phenoxy) is 1. The summed E-state index contributed by atoms with van der Waals surface area (Å²) in [5, 5.41) is 0. The zero-order valence-corrected chi connectivity index (χ0v) is 9.80. The Labute approximate surface area is 90.4 Å². The third-order valence-corrected chi connectivity index (χ3v) is 1.63. The highest BCUT2D eigenvalue weighted by molar-refractivity contribution is 6.19. The Bertz CT molecular complexity index is 193. The third kappa shape index (κ3) is 8.04. The average molecular weight is 223 g/mol. The monoisotopic (exact) mass is 222 g/mol. The molecule has 84 valence electrons. The van der Waals surface area contributed by atoms with Gasteiger partial charge in [0.1, 0.15) is 6.61 Å². The molecule has 3 N–H and O–H groups in total. The lowest BCUT2D eigenvalue weighted by Crippen LogP contribution is -2.20. The van der Waals surface area contributed by atoms with E-state index in [0.717, 1.165) is 6.54 Å². The summed E-state index contributed by atoms with van der Waals surface area (Å²) >= 11 is 5.43. The summed E-state index contributed by atoms with van der Waals surface area (Å²) in [6, 6.07) is 0. The topological polar surface area (TPSA) is 64.5 Å². The predicted octanol–water partition coefficient (Wildman–Crippen LogP) is 1.44. The fourth-order valence-electron chi connectivity index (χ4n) is 0.634. The molecule has 0 unspecified atom stereocenters. The molecule has 0 atom stereocenters. The molecule has 0 radical (unpaired) electrons. The Balaban J connectivity index is 0. The van der Waals surface area contributed by atoms with E-state index in [2.05, 4.69) is 0 Å². The van der Waals surface area contributed by atoms with E-state index in [9.17, 15) is 4.79 Å². The summed E-state index contributed by atoms with van der Waals surface area (Å²) in [6.45, 7) is 2.85. The molecule has 14 heavy (non-hydrogen) atoms. The van der Waals surface area contributed by atoms with Crippen LogP contribution in [0.3, 0.4) is 0 Å². The van der Waals surface area contributed by atoms with Crippen LogP contribution in [0.15, 0.2) is 11.6 Å². The first-order chi connectivity index (χ1) is 6.07. The van der Waals surface area contributed by atoms with Crippen LogP contribution in [0.2, 0.25) is 0 Å². The molecule has 0 aromatic rings. The van der Waals surface area contributed by atoms with Crippen molar-refractivity contribution in [2.45, 2.75) is 6.92 Å². The lowest BCUT2D eigenvalue weighted by molar-refractivity contribution is -0.139. The lowest BCUT2D eigenvalue weighted by atomic mass is 10.3. The van der Waals surface area contributed by atoms with Crippen LogP contribution in [-0.2, 0) is 9.53 Å². The number of likely N-dealkylation sites (N-methyl/N-ethyl adjacent to an activating group) is 1. The second-order valence-electron chi connectivity index (χ2n) is 2.98. The Hall–Kier alpha value is -0.580. The molecule has 0 aliphatic carbocycles. The molecule has 0 bridgehead atoms. The van der Waals surface area contributed by atoms with E-state index < -0.39 is 0 Å². The van der Waals surface area contributed by atoms with Crippen molar-refractivity contribution in [1.82, 2.24) is 11.1 Å². The highest BCUT2D eigenvalue weighted by Gasteiger charge is 2.04.